The minimum Gasteiger partial charge on any atom is -0.508 e. The Kier molecular flexibility index (Phi) is 8.28. The predicted octanol–water partition coefficient (Wildman–Crippen LogP) is 7.51. The van der Waals surface area contributed by atoms with Crippen LogP contribution in [0.5, 0.6) is 0 Å². The van der Waals surface area contributed by atoms with Crippen LogP contribution in [-0.2, 0) is 0 Å². The number of nitrogens with one attached hydrogen (secondary N) is 2. The molecule has 1 heterocycles. The summed E-state index contributed by atoms with van der Waals surface area (Å²) in [4.78, 5) is 16.9. The highest BCUT2D eigenvalue weighted by atomic mass is 35.5. The second-order valence-corrected chi connectivity index (χ2v) is 9.45. The van der Waals surface area contributed by atoms with E-state index in [4.69, 9.17) is 23.2 Å². The maximum atomic E-state index is 13.9. The van der Waals surface area contributed by atoms with Crippen molar-refractivity contribution in [2.75, 3.05) is 11.9 Å². The molecule has 3 N–H and O–H groups in total. The van der Waals surface area contributed by atoms with Gasteiger partial charge in [-0.15, -0.1) is 0 Å². The van der Waals surface area contributed by atoms with Gasteiger partial charge in [0.25, 0.3) is 5.91 Å². The van der Waals surface area contributed by atoms with E-state index in [1.807, 2.05) is 37.3 Å². The molecule has 0 radical (unpaired) electrons. The highest BCUT2D eigenvalue weighted by Gasteiger charge is 2.17. The molecule has 1 amide bonds. The molecule has 3 aromatic rings. The SMILES string of the molecule is CC(Nc1ccc(-c2ccc(C(=O)NCCC3C=CC(O)=CC3)cc2)cn1)c1c(Cl)ccc(F)c1Cl. The zero-order valence-corrected chi connectivity index (χ0v) is 21.2. The molecule has 4 rings (SSSR count). The number of halogens is 3. The smallest absolute Gasteiger partial charge is 0.251 e. The fourth-order valence-corrected chi connectivity index (χ4v) is 4.74. The highest BCUT2D eigenvalue weighted by molar-refractivity contribution is 6.36. The molecule has 1 aliphatic rings. The Morgan fingerprint density at radius 2 is 1.89 bits per heavy atom. The van der Waals surface area contributed by atoms with E-state index < -0.39 is 5.82 Å². The molecular formula is C28H26Cl2FN3O2. The Morgan fingerprint density at radius 1 is 1.14 bits per heavy atom. The lowest BCUT2D eigenvalue weighted by atomic mass is 9.96. The van der Waals surface area contributed by atoms with Crippen molar-refractivity contribution in [3.63, 3.8) is 0 Å². The van der Waals surface area contributed by atoms with Crippen molar-refractivity contribution in [1.82, 2.24) is 10.3 Å². The summed E-state index contributed by atoms with van der Waals surface area (Å²) in [5, 5.41) is 15.9. The number of nitrogens with zero attached hydrogens (tertiary/aromatic N) is 1. The van der Waals surface area contributed by atoms with Gasteiger partial charge in [0.1, 0.15) is 17.4 Å². The van der Waals surface area contributed by atoms with Crippen LogP contribution in [0.4, 0.5) is 10.2 Å². The molecule has 36 heavy (non-hydrogen) atoms. The summed E-state index contributed by atoms with van der Waals surface area (Å²) in [5.74, 6) is 0.562. The van der Waals surface area contributed by atoms with Crippen LogP contribution in [0.2, 0.25) is 10.0 Å². The summed E-state index contributed by atoms with van der Waals surface area (Å²) in [6.07, 6.45) is 8.77. The van der Waals surface area contributed by atoms with Gasteiger partial charge in [-0.1, -0.05) is 41.4 Å². The molecule has 5 nitrogen and oxygen atoms in total. The average molecular weight is 526 g/mol. The summed E-state index contributed by atoms with van der Waals surface area (Å²) in [6.45, 7) is 2.40. The van der Waals surface area contributed by atoms with Crippen molar-refractivity contribution in [3.05, 3.63) is 106 Å². The Bertz CT molecular complexity index is 1290. The van der Waals surface area contributed by atoms with Gasteiger partial charge in [-0.3, -0.25) is 4.79 Å². The van der Waals surface area contributed by atoms with E-state index in [9.17, 15) is 14.3 Å². The van der Waals surface area contributed by atoms with Crippen LogP contribution < -0.4 is 10.6 Å². The number of anilines is 1. The van der Waals surface area contributed by atoms with E-state index in [0.717, 1.165) is 24.0 Å². The molecule has 8 heteroatoms. The monoisotopic (exact) mass is 525 g/mol. The molecule has 2 atom stereocenters. The first-order chi connectivity index (χ1) is 17.3. The fourth-order valence-electron chi connectivity index (χ4n) is 4.04. The van der Waals surface area contributed by atoms with Crippen molar-refractivity contribution < 1.29 is 14.3 Å². The summed E-state index contributed by atoms with van der Waals surface area (Å²) >= 11 is 12.3. The summed E-state index contributed by atoms with van der Waals surface area (Å²) < 4.78 is 13.9. The molecule has 186 valence electrons. The first-order valence-electron chi connectivity index (χ1n) is 11.6. The van der Waals surface area contributed by atoms with Gasteiger partial charge in [0.05, 0.1) is 11.1 Å². The third kappa shape index (κ3) is 6.25. The highest BCUT2D eigenvalue weighted by Crippen LogP contribution is 2.34. The van der Waals surface area contributed by atoms with E-state index in [-0.39, 0.29) is 17.0 Å². The number of hydrogen-bond donors (Lipinski definition) is 3. The Hall–Kier alpha value is -3.35. The third-order valence-electron chi connectivity index (χ3n) is 6.09. The number of amides is 1. The van der Waals surface area contributed by atoms with Gasteiger partial charge in [0.15, 0.2) is 0 Å². The van der Waals surface area contributed by atoms with Crippen molar-refractivity contribution >= 4 is 34.9 Å². The summed E-state index contributed by atoms with van der Waals surface area (Å²) in [5.41, 5.74) is 2.87. The molecule has 0 fully saturated rings. The van der Waals surface area contributed by atoms with Crippen LogP contribution in [0, 0.1) is 11.7 Å². The summed E-state index contributed by atoms with van der Waals surface area (Å²) in [7, 11) is 0. The van der Waals surface area contributed by atoms with Crippen LogP contribution in [0.25, 0.3) is 11.1 Å². The van der Waals surface area contributed by atoms with E-state index in [1.54, 1.807) is 30.5 Å². The first kappa shape index (κ1) is 25.7. The number of benzene rings is 2. The van der Waals surface area contributed by atoms with Gasteiger partial charge in [-0.2, -0.15) is 0 Å². The number of aliphatic hydroxyl groups excluding tert-OH is 1. The van der Waals surface area contributed by atoms with E-state index in [0.29, 0.717) is 40.2 Å². The molecule has 0 saturated carbocycles. The quantitative estimate of drug-likeness (QED) is 0.266. The third-order valence-corrected chi connectivity index (χ3v) is 6.80. The van der Waals surface area contributed by atoms with E-state index in [1.165, 1.54) is 12.1 Å². The molecule has 0 spiro atoms. The van der Waals surface area contributed by atoms with Gasteiger partial charge in [0, 0.05) is 34.5 Å². The lowest BCUT2D eigenvalue weighted by molar-refractivity contribution is 0.0952. The van der Waals surface area contributed by atoms with Crippen molar-refractivity contribution in [2.24, 2.45) is 5.92 Å². The Morgan fingerprint density at radius 3 is 2.56 bits per heavy atom. The number of aromatic nitrogens is 1. The van der Waals surface area contributed by atoms with E-state index in [2.05, 4.69) is 15.6 Å². The number of aliphatic hydroxyl groups is 1. The maximum absolute atomic E-state index is 13.9. The van der Waals surface area contributed by atoms with Crippen molar-refractivity contribution in [1.29, 1.82) is 0 Å². The number of hydrogen-bond acceptors (Lipinski definition) is 4. The zero-order chi connectivity index (χ0) is 25.7. The Labute approximate surface area is 219 Å². The second kappa shape index (κ2) is 11.6. The molecule has 1 aromatic heterocycles. The predicted molar refractivity (Wildman–Crippen MR) is 143 cm³/mol. The molecule has 0 bridgehead atoms. The lowest BCUT2D eigenvalue weighted by Crippen LogP contribution is -2.25. The van der Waals surface area contributed by atoms with Crippen LogP contribution in [-0.4, -0.2) is 22.5 Å². The number of carbonyl (C=O) groups excluding carboxylic acids is 1. The average Bonchev–Trinajstić information content (AvgIpc) is 2.88. The van der Waals surface area contributed by atoms with Crippen LogP contribution in [0.3, 0.4) is 0 Å². The number of rotatable bonds is 8. The molecule has 1 aliphatic carbocycles. The zero-order valence-electron chi connectivity index (χ0n) is 19.6. The minimum absolute atomic E-state index is 0.00786. The van der Waals surface area contributed by atoms with Gasteiger partial charge < -0.3 is 15.7 Å². The molecule has 2 aromatic carbocycles. The van der Waals surface area contributed by atoms with Crippen molar-refractivity contribution in [3.8, 4) is 11.1 Å². The van der Waals surface area contributed by atoms with Gasteiger partial charge in [0.2, 0.25) is 0 Å². The van der Waals surface area contributed by atoms with Gasteiger partial charge >= 0.3 is 0 Å². The normalized spacial score (nSPS) is 15.8. The van der Waals surface area contributed by atoms with E-state index >= 15 is 0 Å². The standard InChI is InChI=1S/C28H26Cl2FN3O2/c1-17(26-23(29)11-12-24(31)27(26)30)34-25-13-8-21(16-33-25)19-4-6-20(7-5-19)28(36)32-15-14-18-2-9-22(35)10-3-18/h2,4-13,16-18,35H,3,14-15H2,1H3,(H,32,36)(H,33,34). The van der Waals surface area contributed by atoms with Crippen LogP contribution in [0.1, 0.15) is 41.7 Å². The maximum Gasteiger partial charge on any atom is 0.251 e. The minimum atomic E-state index is -0.523. The second-order valence-electron chi connectivity index (χ2n) is 8.66. The molecule has 0 saturated heterocycles. The largest absolute Gasteiger partial charge is 0.508 e. The fraction of sp³-hybridized carbons (Fsp3) is 0.214. The summed E-state index contributed by atoms with van der Waals surface area (Å²) in [6, 6.07) is 13.4. The lowest BCUT2D eigenvalue weighted by Gasteiger charge is -2.18. The number of carbonyl (C=O) groups is 1. The Balaban J connectivity index is 1.33. The molecule has 0 aliphatic heterocycles. The van der Waals surface area contributed by atoms with Gasteiger partial charge in [-0.05, 0) is 79.8 Å². The van der Waals surface area contributed by atoms with Crippen LogP contribution >= 0.6 is 23.2 Å². The van der Waals surface area contributed by atoms with Crippen molar-refractivity contribution in [2.45, 2.75) is 25.8 Å². The molecule has 2 unspecified atom stereocenters. The number of allylic oxidation sites excluding steroid dienone is 3. The van der Waals surface area contributed by atoms with Gasteiger partial charge in [-0.25, -0.2) is 9.37 Å². The van der Waals surface area contributed by atoms with Crippen LogP contribution in [0.15, 0.2) is 78.7 Å². The first-order valence-corrected chi connectivity index (χ1v) is 12.4. The molecular weight excluding hydrogens is 500 g/mol. The number of pyridine rings is 1. The topological polar surface area (TPSA) is 74.2 Å².